The maximum atomic E-state index is 10.4. The van der Waals surface area contributed by atoms with Crippen molar-refractivity contribution in [1.29, 1.82) is 0 Å². The number of nitro benzene ring substituents is 1. The molecule has 1 rings (SSSR count). The van der Waals surface area contributed by atoms with Crippen molar-refractivity contribution in [3.63, 3.8) is 0 Å². The predicted molar refractivity (Wildman–Crippen MR) is 45.8 cm³/mol. The van der Waals surface area contributed by atoms with Gasteiger partial charge >= 0.3 is 5.97 Å². The van der Waals surface area contributed by atoms with Crippen LogP contribution in [0.2, 0.25) is 0 Å². The fourth-order valence-electron chi connectivity index (χ4n) is 0.753. The molecule has 0 spiro atoms. The largest absolute Gasteiger partial charge is 0.478 e. The van der Waals surface area contributed by atoms with Crippen LogP contribution in [0.5, 0.6) is 0 Å². The van der Waals surface area contributed by atoms with Crippen molar-refractivity contribution in [2.24, 2.45) is 0 Å². The molecule has 5 nitrogen and oxygen atoms in total. The normalized spacial score (nSPS) is 8.62. The van der Waals surface area contributed by atoms with Gasteiger partial charge in [0.1, 0.15) is 0 Å². The average Bonchev–Trinajstić information content (AvgIpc) is 2.04. The molecule has 6 heteroatoms. The average molecular weight is 190 g/mol. The zero-order chi connectivity index (χ0) is 9.14. The fourth-order valence-corrected chi connectivity index (χ4v) is 0.753. The third kappa shape index (κ3) is 3.14. The number of hydrogen-bond donors (Lipinski definition) is 1. The van der Waals surface area contributed by atoms with Crippen LogP contribution in [0.3, 0.4) is 0 Å². The molecule has 0 aliphatic heterocycles. The van der Waals surface area contributed by atoms with Crippen molar-refractivity contribution in [3.8, 4) is 0 Å². The molecule has 0 amide bonds. The van der Waals surface area contributed by atoms with E-state index in [2.05, 4.69) is 0 Å². The fraction of sp³-hybridized carbons (Fsp3) is 0. The summed E-state index contributed by atoms with van der Waals surface area (Å²) in [5.41, 5.74) is -0.292. The van der Waals surface area contributed by atoms with Gasteiger partial charge < -0.3 is 5.11 Å². The zero-order valence-corrected chi connectivity index (χ0v) is 8.93. The summed E-state index contributed by atoms with van der Waals surface area (Å²) in [6, 6.07) is 4.89. The third-order valence-corrected chi connectivity index (χ3v) is 1.30. The first-order valence-electron chi connectivity index (χ1n) is 3.09. The molecule has 0 heterocycles. The summed E-state index contributed by atoms with van der Waals surface area (Å²) >= 11 is 0. The predicted octanol–water partition coefficient (Wildman–Crippen LogP) is 0.912. The quantitative estimate of drug-likeness (QED) is 0.427. The summed E-state index contributed by atoms with van der Waals surface area (Å²) in [5.74, 6) is -1.17. The summed E-state index contributed by atoms with van der Waals surface area (Å²) in [6.45, 7) is 0. The van der Waals surface area contributed by atoms with Gasteiger partial charge in [-0.15, -0.1) is 0 Å². The van der Waals surface area contributed by atoms with Crippen LogP contribution in [0, 0.1) is 10.1 Å². The van der Waals surface area contributed by atoms with Crippen molar-refractivity contribution in [3.05, 3.63) is 39.9 Å². The van der Waals surface area contributed by atoms with Crippen LogP contribution in [0.4, 0.5) is 5.69 Å². The number of hydrogen-bond acceptors (Lipinski definition) is 3. The van der Waals surface area contributed by atoms with E-state index in [4.69, 9.17) is 5.11 Å². The molecule has 0 atom stereocenters. The number of carbonyl (C=O) groups is 1. The Kier molecular flexibility index (Phi) is 4.61. The minimum Gasteiger partial charge on any atom is -0.478 e. The first-order valence-corrected chi connectivity index (χ1v) is 3.09. The van der Waals surface area contributed by atoms with Gasteiger partial charge in [0.05, 0.1) is 10.5 Å². The Morgan fingerprint density at radius 1 is 1.46 bits per heavy atom. The number of rotatable bonds is 2. The van der Waals surface area contributed by atoms with Crippen molar-refractivity contribution >= 4 is 41.2 Å². The molecule has 0 saturated heterocycles. The van der Waals surface area contributed by atoms with Gasteiger partial charge in [-0.2, -0.15) is 0 Å². The topological polar surface area (TPSA) is 80.4 Å². The summed E-state index contributed by atoms with van der Waals surface area (Å²) in [4.78, 5) is 19.9. The van der Waals surface area contributed by atoms with E-state index in [0.717, 1.165) is 6.07 Å². The molecular weight excluding hydrogens is 185 g/mol. The molecule has 0 saturated carbocycles. The number of aromatic carboxylic acids is 1. The summed E-state index contributed by atoms with van der Waals surface area (Å²) in [6.07, 6.45) is 0. The van der Waals surface area contributed by atoms with Gasteiger partial charge in [-0.25, -0.2) is 4.79 Å². The first kappa shape index (κ1) is 12.1. The Balaban J connectivity index is 0.00000144. The first-order chi connectivity index (χ1) is 5.61. The Morgan fingerprint density at radius 2 is 2.08 bits per heavy atom. The van der Waals surface area contributed by atoms with E-state index in [0.29, 0.717) is 0 Å². The number of nitrogens with zero attached hydrogens (tertiary/aromatic N) is 1. The molecule has 0 aliphatic carbocycles. The van der Waals surface area contributed by atoms with Crippen LogP contribution in [0.25, 0.3) is 0 Å². The number of benzene rings is 1. The van der Waals surface area contributed by atoms with E-state index >= 15 is 0 Å². The van der Waals surface area contributed by atoms with Gasteiger partial charge in [-0.3, -0.25) is 10.1 Å². The Bertz CT molecular complexity index is 310. The second-order valence-electron chi connectivity index (χ2n) is 2.11. The Labute approximate surface area is 95.8 Å². The van der Waals surface area contributed by atoms with Crippen molar-refractivity contribution in [2.45, 2.75) is 0 Å². The van der Waals surface area contributed by atoms with Gasteiger partial charge in [0, 0.05) is 41.7 Å². The molecule has 0 unspecified atom stereocenters. The molecule has 63 valence electrons. The second kappa shape index (κ2) is 4.96. The minimum atomic E-state index is -1.17. The molecule has 0 bridgehead atoms. The summed E-state index contributed by atoms with van der Waals surface area (Å²) in [5, 5.41) is 18.7. The number of non-ortho nitro benzene ring substituents is 1. The van der Waals surface area contributed by atoms with E-state index in [1.165, 1.54) is 18.2 Å². The van der Waals surface area contributed by atoms with E-state index in [9.17, 15) is 14.9 Å². The molecule has 1 radical (unpaired) electrons. The second-order valence-corrected chi connectivity index (χ2v) is 2.11. The van der Waals surface area contributed by atoms with Gasteiger partial charge in [0.25, 0.3) is 5.69 Å². The minimum absolute atomic E-state index is 0. The van der Waals surface area contributed by atoms with Crippen LogP contribution in [0.1, 0.15) is 10.4 Å². The van der Waals surface area contributed by atoms with E-state index in [1.807, 2.05) is 0 Å². The molecule has 0 fully saturated rings. The number of carboxylic acids is 1. The van der Waals surface area contributed by atoms with Gasteiger partial charge in [-0.1, -0.05) is 6.07 Å². The number of carboxylic acid groups (broad SMARTS) is 1. The van der Waals surface area contributed by atoms with Crippen molar-refractivity contribution in [2.75, 3.05) is 0 Å². The van der Waals surface area contributed by atoms with Gasteiger partial charge in [-0.05, 0) is 6.07 Å². The van der Waals surface area contributed by atoms with E-state index in [-0.39, 0.29) is 40.8 Å². The Morgan fingerprint density at radius 3 is 2.54 bits per heavy atom. The van der Waals surface area contributed by atoms with Gasteiger partial charge in [0.2, 0.25) is 0 Å². The standard InChI is InChI=1S/C7H5NO4.Na/c9-7(10)5-2-1-3-6(4-5)8(11)12;/h1-4H,(H,9,10);. The SMILES string of the molecule is O=C(O)c1cccc([N+](=O)[O-])c1.[Na]. The Hall–Kier alpha value is -0.910. The molecule has 0 aromatic heterocycles. The molecule has 13 heavy (non-hydrogen) atoms. The smallest absolute Gasteiger partial charge is 0.335 e. The summed E-state index contributed by atoms with van der Waals surface area (Å²) in [7, 11) is 0. The molecular formula is C7H5NNaO4. The van der Waals surface area contributed by atoms with Crippen LogP contribution in [0.15, 0.2) is 24.3 Å². The van der Waals surface area contributed by atoms with Gasteiger partial charge in [0.15, 0.2) is 0 Å². The van der Waals surface area contributed by atoms with E-state index < -0.39 is 10.9 Å². The number of nitro groups is 1. The molecule has 1 aromatic rings. The summed E-state index contributed by atoms with van der Waals surface area (Å²) < 4.78 is 0. The zero-order valence-electron chi connectivity index (χ0n) is 6.93. The van der Waals surface area contributed by atoms with Crippen LogP contribution in [-0.2, 0) is 0 Å². The van der Waals surface area contributed by atoms with Crippen LogP contribution in [-0.4, -0.2) is 45.6 Å². The van der Waals surface area contributed by atoms with Crippen LogP contribution >= 0.6 is 0 Å². The monoisotopic (exact) mass is 190 g/mol. The molecule has 0 aliphatic rings. The molecule has 1 N–H and O–H groups in total. The van der Waals surface area contributed by atoms with E-state index in [1.54, 1.807) is 0 Å². The van der Waals surface area contributed by atoms with Crippen LogP contribution < -0.4 is 0 Å². The van der Waals surface area contributed by atoms with Crippen molar-refractivity contribution in [1.82, 2.24) is 0 Å². The third-order valence-electron chi connectivity index (χ3n) is 1.30. The maximum Gasteiger partial charge on any atom is 0.335 e. The van der Waals surface area contributed by atoms with Crippen molar-refractivity contribution < 1.29 is 14.8 Å². The maximum absolute atomic E-state index is 10.4. The molecule has 1 aromatic carbocycles.